The average Bonchev–Trinajstić information content (AvgIpc) is 3.22. The molecule has 0 radical (unpaired) electrons. The highest BCUT2D eigenvalue weighted by molar-refractivity contribution is 6.03. The van der Waals surface area contributed by atoms with E-state index in [2.05, 4.69) is 34.6 Å². The third-order valence-electron chi connectivity index (χ3n) is 4.25. The van der Waals surface area contributed by atoms with Crippen molar-refractivity contribution in [2.24, 2.45) is 0 Å². The van der Waals surface area contributed by atoms with Crippen LogP contribution >= 0.6 is 0 Å². The SMILES string of the molecule is Cc1ccccc1Cn1nc(NC(=O)c2cnn(CCC(=O)O)c2)cc1C. The van der Waals surface area contributed by atoms with Gasteiger partial charge in [0.1, 0.15) is 0 Å². The molecule has 0 aliphatic carbocycles. The van der Waals surface area contributed by atoms with Crippen molar-refractivity contribution < 1.29 is 14.7 Å². The molecular weight excluding hydrogens is 346 g/mol. The number of carboxylic acid groups (broad SMARTS) is 1. The van der Waals surface area contributed by atoms with Gasteiger partial charge in [-0.1, -0.05) is 24.3 Å². The summed E-state index contributed by atoms with van der Waals surface area (Å²) in [5, 5.41) is 19.9. The summed E-state index contributed by atoms with van der Waals surface area (Å²) in [4.78, 5) is 23.0. The third kappa shape index (κ3) is 4.60. The first-order valence-corrected chi connectivity index (χ1v) is 8.57. The van der Waals surface area contributed by atoms with Crippen LogP contribution < -0.4 is 5.32 Å². The topological polar surface area (TPSA) is 102 Å². The van der Waals surface area contributed by atoms with Gasteiger partial charge in [-0.15, -0.1) is 0 Å². The van der Waals surface area contributed by atoms with Crippen LogP contribution in [0.2, 0.25) is 0 Å². The van der Waals surface area contributed by atoms with Gasteiger partial charge in [0.2, 0.25) is 0 Å². The van der Waals surface area contributed by atoms with Crippen molar-refractivity contribution in [3.8, 4) is 0 Å². The van der Waals surface area contributed by atoms with Crippen molar-refractivity contribution in [2.45, 2.75) is 33.4 Å². The van der Waals surface area contributed by atoms with E-state index in [9.17, 15) is 9.59 Å². The maximum absolute atomic E-state index is 12.4. The van der Waals surface area contributed by atoms with E-state index in [1.54, 1.807) is 0 Å². The van der Waals surface area contributed by atoms with Gasteiger partial charge in [0.25, 0.3) is 5.91 Å². The van der Waals surface area contributed by atoms with Crippen LogP contribution in [0.3, 0.4) is 0 Å². The lowest BCUT2D eigenvalue weighted by atomic mass is 10.1. The largest absolute Gasteiger partial charge is 0.481 e. The molecule has 0 unspecified atom stereocenters. The molecule has 0 spiro atoms. The predicted molar refractivity (Wildman–Crippen MR) is 99.7 cm³/mol. The van der Waals surface area contributed by atoms with E-state index in [1.807, 2.05) is 29.8 Å². The van der Waals surface area contributed by atoms with Gasteiger partial charge in [-0.3, -0.25) is 19.0 Å². The third-order valence-corrected chi connectivity index (χ3v) is 4.25. The van der Waals surface area contributed by atoms with Gasteiger partial charge < -0.3 is 10.4 Å². The highest BCUT2D eigenvalue weighted by Crippen LogP contribution is 2.14. The number of aliphatic carboxylic acids is 1. The number of aryl methyl sites for hydroxylation is 3. The van der Waals surface area contributed by atoms with Gasteiger partial charge in [0.15, 0.2) is 5.82 Å². The maximum Gasteiger partial charge on any atom is 0.305 e. The Kier molecular flexibility index (Phi) is 5.35. The quantitative estimate of drug-likeness (QED) is 0.668. The van der Waals surface area contributed by atoms with Gasteiger partial charge in [0.05, 0.1) is 31.3 Å². The van der Waals surface area contributed by atoms with Crippen molar-refractivity contribution in [1.29, 1.82) is 0 Å². The average molecular weight is 367 g/mol. The normalized spacial score (nSPS) is 10.7. The Morgan fingerprint density at radius 1 is 1.22 bits per heavy atom. The van der Waals surface area contributed by atoms with E-state index < -0.39 is 5.97 Å². The van der Waals surface area contributed by atoms with Crippen molar-refractivity contribution in [1.82, 2.24) is 19.6 Å². The summed E-state index contributed by atoms with van der Waals surface area (Å²) in [6.07, 6.45) is 2.88. The number of hydrogen-bond donors (Lipinski definition) is 2. The van der Waals surface area contributed by atoms with Gasteiger partial charge in [0, 0.05) is 18.0 Å². The molecule has 0 atom stereocenters. The van der Waals surface area contributed by atoms with Crippen molar-refractivity contribution >= 4 is 17.7 Å². The first kappa shape index (κ1) is 18.4. The molecule has 0 fully saturated rings. The molecule has 2 heterocycles. The van der Waals surface area contributed by atoms with Gasteiger partial charge in [-0.25, -0.2) is 0 Å². The van der Waals surface area contributed by atoms with Crippen molar-refractivity contribution in [3.05, 3.63) is 65.1 Å². The zero-order chi connectivity index (χ0) is 19.4. The smallest absolute Gasteiger partial charge is 0.305 e. The van der Waals surface area contributed by atoms with E-state index in [0.717, 1.165) is 5.69 Å². The van der Waals surface area contributed by atoms with Gasteiger partial charge in [-0.2, -0.15) is 10.2 Å². The highest BCUT2D eigenvalue weighted by Gasteiger charge is 2.13. The van der Waals surface area contributed by atoms with Gasteiger partial charge >= 0.3 is 5.97 Å². The number of aromatic nitrogens is 4. The molecule has 27 heavy (non-hydrogen) atoms. The Morgan fingerprint density at radius 2 is 2.00 bits per heavy atom. The van der Waals surface area contributed by atoms with E-state index in [-0.39, 0.29) is 18.9 Å². The lowest BCUT2D eigenvalue weighted by molar-refractivity contribution is -0.137. The van der Waals surface area contributed by atoms with Crippen LogP contribution in [0.25, 0.3) is 0 Å². The van der Waals surface area contributed by atoms with E-state index >= 15 is 0 Å². The fourth-order valence-electron chi connectivity index (χ4n) is 2.68. The molecule has 1 amide bonds. The molecule has 2 N–H and O–H groups in total. The zero-order valence-electron chi connectivity index (χ0n) is 15.2. The van der Waals surface area contributed by atoms with Crippen LogP contribution in [0.1, 0.15) is 33.6 Å². The summed E-state index contributed by atoms with van der Waals surface area (Å²) >= 11 is 0. The highest BCUT2D eigenvalue weighted by atomic mass is 16.4. The van der Waals surface area contributed by atoms with Crippen LogP contribution in [0, 0.1) is 13.8 Å². The van der Waals surface area contributed by atoms with Crippen molar-refractivity contribution in [3.63, 3.8) is 0 Å². The number of benzene rings is 1. The monoisotopic (exact) mass is 367 g/mol. The number of carboxylic acids is 1. The Hall–Kier alpha value is -3.42. The van der Waals surface area contributed by atoms with Crippen LogP contribution in [0.4, 0.5) is 5.82 Å². The fourth-order valence-corrected chi connectivity index (χ4v) is 2.68. The minimum atomic E-state index is -0.911. The number of amides is 1. The summed E-state index contributed by atoms with van der Waals surface area (Å²) in [5.74, 6) is -0.785. The minimum Gasteiger partial charge on any atom is -0.481 e. The molecule has 0 saturated heterocycles. The number of hydrogen-bond acceptors (Lipinski definition) is 4. The number of carbonyl (C=O) groups excluding carboxylic acids is 1. The second-order valence-electron chi connectivity index (χ2n) is 6.35. The standard InChI is InChI=1S/C19H21N5O3/c1-13-5-3-4-6-15(13)12-24-14(2)9-17(22-24)21-19(27)16-10-20-23(11-16)8-7-18(25)26/h3-6,9-11H,7-8,12H2,1-2H3,(H,25,26)(H,21,22,27). The molecule has 1 aromatic carbocycles. The Balaban J connectivity index is 1.67. The van der Waals surface area contributed by atoms with E-state index in [0.29, 0.717) is 17.9 Å². The van der Waals surface area contributed by atoms with Crippen LogP contribution in [0.15, 0.2) is 42.7 Å². The maximum atomic E-state index is 12.4. The summed E-state index contributed by atoms with van der Waals surface area (Å²) in [6.45, 7) is 4.83. The second-order valence-corrected chi connectivity index (χ2v) is 6.35. The first-order valence-electron chi connectivity index (χ1n) is 8.57. The molecule has 3 aromatic rings. The molecule has 0 bridgehead atoms. The zero-order valence-corrected chi connectivity index (χ0v) is 15.2. The molecule has 0 saturated carbocycles. The number of rotatable bonds is 7. The number of nitrogens with zero attached hydrogens (tertiary/aromatic N) is 4. The molecular formula is C19H21N5O3. The van der Waals surface area contributed by atoms with Crippen LogP contribution in [-0.2, 0) is 17.9 Å². The van der Waals surface area contributed by atoms with Crippen LogP contribution in [0.5, 0.6) is 0 Å². The molecule has 140 valence electrons. The Bertz CT molecular complexity index is 973. The van der Waals surface area contributed by atoms with Gasteiger partial charge in [-0.05, 0) is 25.0 Å². The lowest BCUT2D eigenvalue weighted by Crippen LogP contribution is -2.12. The van der Waals surface area contributed by atoms with E-state index in [4.69, 9.17) is 5.11 Å². The summed E-state index contributed by atoms with van der Waals surface area (Å²) < 4.78 is 3.28. The predicted octanol–water partition coefficient (Wildman–Crippen LogP) is 2.47. The minimum absolute atomic E-state index is 0.0504. The molecule has 0 aliphatic heterocycles. The number of carbonyl (C=O) groups is 2. The van der Waals surface area contributed by atoms with Crippen molar-refractivity contribution in [2.75, 3.05) is 5.32 Å². The first-order chi connectivity index (χ1) is 12.9. The Labute approximate surface area is 156 Å². The summed E-state index contributed by atoms with van der Waals surface area (Å²) in [5.41, 5.74) is 3.64. The summed E-state index contributed by atoms with van der Waals surface area (Å²) in [7, 11) is 0. The molecule has 2 aromatic heterocycles. The number of anilines is 1. The fraction of sp³-hybridized carbons (Fsp3) is 0.263. The van der Waals surface area contributed by atoms with E-state index in [1.165, 1.54) is 28.2 Å². The second kappa shape index (κ2) is 7.86. The molecule has 0 aliphatic rings. The molecule has 3 rings (SSSR count). The Morgan fingerprint density at radius 3 is 2.74 bits per heavy atom. The van der Waals surface area contributed by atoms with Crippen LogP contribution in [-0.4, -0.2) is 36.5 Å². The lowest BCUT2D eigenvalue weighted by Gasteiger charge is -2.07. The molecule has 8 heteroatoms. The summed E-state index contributed by atoms with van der Waals surface area (Å²) in [6, 6.07) is 9.91. The number of nitrogens with one attached hydrogen (secondary N) is 1. The molecule has 8 nitrogen and oxygen atoms in total.